The predicted molar refractivity (Wildman–Crippen MR) is 74.5 cm³/mol. The monoisotopic (exact) mass is 436 g/mol. The average molecular weight is 436 g/mol. The van der Waals surface area contributed by atoms with Crippen LogP contribution < -0.4 is 47.9 Å². The Kier molecular flexibility index (Phi) is 22.0. The number of hydrogen-bond acceptors (Lipinski definition) is 12. The van der Waals surface area contributed by atoms with E-state index in [0.29, 0.717) is 0 Å². The number of carbonyl (C=O) groups is 4. The minimum absolute atomic E-state index is 0. The number of aliphatic carboxylic acids is 2. The zero-order valence-electron chi connectivity index (χ0n) is 15.0. The van der Waals surface area contributed by atoms with Gasteiger partial charge >= 0.3 is 52.9 Å². The summed E-state index contributed by atoms with van der Waals surface area (Å²) in [5, 5.41) is 35.9. The molecule has 28 heavy (non-hydrogen) atoms. The van der Waals surface area contributed by atoms with Gasteiger partial charge in [-0.2, -0.15) is 0 Å². The molecule has 0 aromatic heterocycles. The van der Waals surface area contributed by atoms with E-state index in [1.54, 1.807) is 0 Å². The second-order valence-electron chi connectivity index (χ2n) is 4.09. The van der Waals surface area contributed by atoms with Gasteiger partial charge in [0, 0.05) is 24.8 Å². The zero-order chi connectivity index (χ0) is 21.0. The van der Waals surface area contributed by atoms with Gasteiger partial charge < -0.3 is 39.8 Å². The summed E-state index contributed by atoms with van der Waals surface area (Å²) in [5.41, 5.74) is -2.52. The Bertz CT molecular complexity index is 557. The summed E-state index contributed by atoms with van der Waals surface area (Å²) in [7, 11) is -9.04. The maximum atomic E-state index is 10.7. The van der Waals surface area contributed by atoms with Gasteiger partial charge in [-0.1, -0.05) is 0 Å². The number of hydrogen-bond donors (Lipinski definition) is 4. The summed E-state index contributed by atoms with van der Waals surface area (Å²) in [6, 6.07) is 0. The van der Waals surface area contributed by atoms with Crippen molar-refractivity contribution < 1.29 is 105 Å². The molecule has 14 nitrogen and oxygen atoms in total. The second-order valence-corrected chi connectivity index (χ2v) is 7.68. The minimum atomic E-state index is -4.52. The van der Waals surface area contributed by atoms with Gasteiger partial charge in [0.05, 0.1) is 0 Å². The number of carboxylic acids is 2. The van der Waals surface area contributed by atoms with Gasteiger partial charge in [0.1, 0.15) is 0 Å². The third-order valence-electron chi connectivity index (χ3n) is 2.18. The molecule has 0 aromatic carbocycles. The van der Waals surface area contributed by atoms with E-state index in [1.807, 2.05) is 0 Å². The van der Waals surface area contributed by atoms with Gasteiger partial charge in [-0.25, -0.2) is 0 Å². The average Bonchev–Trinajstić information content (AvgIpc) is 2.50. The van der Waals surface area contributed by atoms with Crippen LogP contribution in [0.4, 0.5) is 0 Å². The molecule has 0 aromatic rings. The molecule has 0 rings (SSSR count). The summed E-state index contributed by atoms with van der Waals surface area (Å²) in [5.74, 6) is -3.00. The third kappa shape index (κ3) is 17.8. The summed E-state index contributed by atoms with van der Waals surface area (Å²) in [6.45, 7) is -2.16. The third-order valence-corrected chi connectivity index (χ3v) is 4.82. The molecule has 0 aliphatic heterocycles. The maximum absolute atomic E-state index is 10.7. The molecule has 2 unspecified atom stereocenters. The SMILES string of the molecule is O=C([O-])CCC(=O)P(=O)(O)OCO.O=C([O-])CCC(=O)P(=O)(O)OCO.[Li+].[Li+]. The van der Waals surface area contributed by atoms with Gasteiger partial charge in [0.2, 0.25) is 11.0 Å². The van der Waals surface area contributed by atoms with E-state index >= 15 is 0 Å². The molecule has 0 heterocycles. The van der Waals surface area contributed by atoms with Crippen LogP contribution in [0.1, 0.15) is 25.7 Å². The fraction of sp³-hybridized carbons (Fsp3) is 0.600. The van der Waals surface area contributed by atoms with Crippen LogP contribution in [0.2, 0.25) is 0 Å². The molecule has 0 fully saturated rings. The molecule has 0 aliphatic carbocycles. The van der Waals surface area contributed by atoms with Crippen LogP contribution in [0.3, 0.4) is 0 Å². The molecule has 0 saturated heterocycles. The van der Waals surface area contributed by atoms with Gasteiger partial charge in [-0.05, 0) is 12.8 Å². The van der Waals surface area contributed by atoms with Crippen molar-refractivity contribution in [3.05, 3.63) is 0 Å². The number of aliphatic hydroxyl groups excluding tert-OH is 2. The van der Waals surface area contributed by atoms with Crippen LogP contribution in [0, 0.1) is 0 Å². The Morgan fingerprint density at radius 3 is 1.11 bits per heavy atom. The van der Waals surface area contributed by atoms with E-state index in [2.05, 4.69) is 9.05 Å². The molecule has 0 aliphatic rings. The van der Waals surface area contributed by atoms with E-state index in [4.69, 9.17) is 20.0 Å². The van der Waals surface area contributed by atoms with Crippen molar-refractivity contribution >= 4 is 38.2 Å². The topological polar surface area (TPSA) is 248 Å². The smallest absolute Gasteiger partial charge is 0.550 e. The van der Waals surface area contributed by atoms with E-state index < -0.39 is 77.4 Å². The first-order valence-electron chi connectivity index (χ1n) is 6.43. The molecule has 152 valence electrons. The Hall–Kier alpha value is -0.305. The number of aliphatic hydroxyl groups is 2. The molecule has 0 bridgehead atoms. The molecule has 0 radical (unpaired) electrons. The van der Waals surface area contributed by atoms with Crippen molar-refractivity contribution in [2.45, 2.75) is 25.7 Å². The van der Waals surface area contributed by atoms with E-state index in [-0.39, 0.29) is 37.7 Å². The zero-order valence-corrected chi connectivity index (χ0v) is 16.8. The standard InChI is InChI=1S/2C5H9O7P.2Li/c2*6-3-12-13(10,11)5(9)2-1-4(7)8;;/h2*6H,1-3H2,(H,7,8)(H,10,11);;/q;;2*+1/p-2. The Labute approximate surface area is 182 Å². The normalized spacial score (nSPS) is 13.9. The summed E-state index contributed by atoms with van der Waals surface area (Å²) < 4.78 is 29.1. The van der Waals surface area contributed by atoms with Gasteiger partial charge in [-0.15, -0.1) is 0 Å². The van der Waals surface area contributed by atoms with Gasteiger partial charge in [0.15, 0.2) is 13.6 Å². The molecule has 18 heteroatoms. The van der Waals surface area contributed by atoms with Crippen LogP contribution in [0.5, 0.6) is 0 Å². The Balaban J connectivity index is -0.000000192. The van der Waals surface area contributed by atoms with Crippen molar-refractivity contribution in [1.29, 1.82) is 0 Å². The van der Waals surface area contributed by atoms with Gasteiger partial charge in [-0.3, -0.25) is 27.8 Å². The van der Waals surface area contributed by atoms with Crippen molar-refractivity contribution in [2.75, 3.05) is 13.6 Å². The van der Waals surface area contributed by atoms with Crippen LogP contribution >= 0.6 is 15.2 Å². The largest absolute Gasteiger partial charge is 1.00 e. The van der Waals surface area contributed by atoms with Crippen LogP contribution in [0.15, 0.2) is 0 Å². The second kappa shape index (κ2) is 17.5. The Morgan fingerprint density at radius 2 is 0.929 bits per heavy atom. The Morgan fingerprint density at radius 1 is 0.679 bits per heavy atom. The predicted octanol–water partition coefficient (Wildman–Crippen LogP) is -9.60. The quantitative estimate of drug-likeness (QED) is 0.126. The summed E-state index contributed by atoms with van der Waals surface area (Å²) >= 11 is 0. The van der Waals surface area contributed by atoms with E-state index in [0.717, 1.165) is 0 Å². The molecule has 0 saturated carbocycles. The van der Waals surface area contributed by atoms with Crippen LogP contribution in [-0.4, -0.2) is 56.6 Å². The fourth-order valence-electron chi connectivity index (χ4n) is 1.00. The van der Waals surface area contributed by atoms with E-state index in [9.17, 15) is 38.5 Å². The van der Waals surface area contributed by atoms with Gasteiger partial charge in [0.25, 0.3) is 0 Å². The maximum Gasteiger partial charge on any atom is 1.00 e. The van der Waals surface area contributed by atoms with Crippen molar-refractivity contribution in [3.8, 4) is 0 Å². The number of carboxylic acid groups (broad SMARTS) is 2. The minimum Gasteiger partial charge on any atom is -0.550 e. The van der Waals surface area contributed by atoms with Crippen molar-refractivity contribution in [2.24, 2.45) is 0 Å². The summed E-state index contributed by atoms with van der Waals surface area (Å²) in [4.78, 5) is 58.6. The molecule has 4 N–H and O–H groups in total. The first kappa shape index (κ1) is 35.2. The van der Waals surface area contributed by atoms with Crippen LogP contribution in [-0.2, 0) is 37.4 Å². The number of rotatable bonds is 12. The van der Waals surface area contributed by atoms with Crippen molar-refractivity contribution in [1.82, 2.24) is 0 Å². The number of carbonyl (C=O) groups excluding carboxylic acids is 4. The molecular formula is C10H16Li2O14P2. The first-order valence-corrected chi connectivity index (χ1v) is 9.58. The molecule has 0 amide bonds. The fourth-order valence-corrected chi connectivity index (χ4v) is 2.39. The first-order chi connectivity index (χ1) is 11.8. The van der Waals surface area contributed by atoms with E-state index in [1.165, 1.54) is 0 Å². The molecular weight excluding hydrogens is 420 g/mol. The molecule has 2 atom stereocenters. The van der Waals surface area contributed by atoms with Crippen LogP contribution in [0.25, 0.3) is 0 Å². The van der Waals surface area contributed by atoms with Crippen molar-refractivity contribution in [3.63, 3.8) is 0 Å². The summed E-state index contributed by atoms with van der Waals surface area (Å²) in [6.07, 6.45) is -2.62. The molecule has 0 spiro atoms.